The molecule has 2 aliphatic heterocycles. The zero-order chi connectivity index (χ0) is 18.3. The third-order valence-corrected chi connectivity index (χ3v) is 4.93. The van der Waals surface area contributed by atoms with Gasteiger partial charge in [-0.25, -0.2) is 4.79 Å². The van der Waals surface area contributed by atoms with E-state index in [0.717, 1.165) is 71.6 Å². The van der Waals surface area contributed by atoms with Crippen LogP contribution in [0, 0.1) is 0 Å². The Kier molecular flexibility index (Phi) is 7.97. The summed E-state index contributed by atoms with van der Waals surface area (Å²) in [5.74, 6) is 0. The van der Waals surface area contributed by atoms with Gasteiger partial charge in [0.15, 0.2) is 0 Å². The lowest BCUT2D eigenvalue weighted by Crippen LogP contribution is -2.50. The van der Waals surface area contributed by atoms with Gasteiger partial charge in [-0.05, 0) is 59.5 Å². The Morgan fingerprint density at radius 2 is 1.96 bits per heavy atom. The van der Waals surface area contributed by atoms with Crippen LogP contribution in [0.1, 0.15) is 53.4 Å². The van der Waals surface area contributed by atoms with Gasteiger partial charge in [0.1, 0.15) is 5.60 Å². The van der Waals surface area contributed by atoms with Crippen molar-refractivity contribution in [2.24, 2.45) is 0 Å². The van der Waals surface area contributed by atoms with Gasteiger partial charge < -0.3 is 19.7 Å². The number of hydrogen-bond acceptors (Lipinski definition) is 5. The molecule has 1 N–H and O–H groups in total. The van der Waals surface area contributed by atoms with Crippen LogP contribution in [0.5, 0.6) is 0 Å². The number of nitrogens with zero attached hydrogens (tertiary/aromatic N) is 2. The molecular weight excluding hydrogens is 318 g/mol. The minimum Gasteiger partial charge on any atom is -0.444 e. The normalized spacial score (nSPS) is 25.8. The van der Waals surface area contributed by atoms with Crippen molar-refractivity contribution in [1.29, 1.82) is 0 Å². The van der Waals surface area contributed by atoms with Crippen molar-refractivity contribution in [3.63, 3.8) is 0 Å². The smallest absolute Gasteiger partial charge is 0.410 e. The lowest BCUT2D eigenvalue weighted by molar-refractivity contribution is -0.000326. The van der Waals surface area contributed by atoms with E-state index < -0.39 is 5.60 Å². The molecule has 2 saturated heterocycles. The predicted octanol–water partition coefficient (Wildman–Crippen LogP) is 2.48. The van der Waals surface area contributed by atoms with Crippen molar-refractivity contribution in [3.8, 4) is 0 Å². The van der Waals surface area contributed by atoms with E-state index in [1.54, 1.807) is 0 Å². The molecule has 2 rings (SSSR count). The molecule has 0 radical (unpaired) electrons. The van der Waals surface area contributed by atoms with Crippen LogP contribution >= 0.6 is 0 Å². The molecule has 25 heavy (non-hydrogen) atoms. The number of rotatable bonds is 6. The van der Waals surface area contributed by atoms with E-state index in [-0.39, 0.29) is 6.09 Å². The van der Waals surface area contributed by atoms with Gasteiger partial charge in [-0.15, -0.1) is 0 Å². The number of carbonyl (C=O) groups excluding carboxylic acids is 1. The van der Waals surface area contributed by atoms with Crippen LogP contribution in [0.3, 0.4) is 0 Å². The second-order valence-corrected chi connectivity index (χ2v) is 8.24. The maximum absolute atomic E-state index is 12.1. The van der Waals surface area contributed by atoms with Crippen LogP contribution in [-0.2, 0) is 9.47 Å². The fourth-order valence-electron chi connectivity index (χ4n) is 3.44. The molecule has 2 fully saturated rings. The number of piperazine rings is 1. The van der Waals surface area contributed by atoms with Gasteiger partial charge in [-0.2, -0.15) is 0 Å². The second kappa shape index (κ2) is 9.74. The molecule has 2 heterocycles. The zero-order valence-corrected chi connectivity index (χ0v) is 16.6. The van der Waals surface area contributed by atoms with Crippen molar-refractivity contribution in [1.82, 2.24) is 15.1 Å². The van der Waals surface area contributed by atoms with Gasteiger partial charge in [-0.3, -0.25) is 4.90 Å². The number of amides is 1. The molecule has 0 bridgehead atoms. The maximum Gasteiger partial charge on any atom is 0.410 e. The monoisotopic (exact) mass is 355 g/mol. The van der Waals surface area contributed by atoms with E-state index in [0.29, 0.717) is 12.1 Å². The van der Waals surface area contributed by atoms with Crippen molar-refractivity contribution in [3.05, 3.63) is 0 Å². The Bertz CT molecular complexity index is 403. The van der Waals surface area contributed by atoms with Gasteiger partial charge in [0, 0.05) is 38.8 Å². The molecule has 1 amide bonds. The van der Waals surface area contributed by atoms with E-state index >= 15 is 0 Å². The fraction of sp³-hybridized carbons (Fsp3) is 0.947. The predicted molar refractivity (Wildman–Crippen MR) is 99.9 cm³/mol. The molecular formula is C19H37N3O3. The molecule has 0 aliphatic carbocycles. The Hall–Kier alpha value is -0.850. The molecule has 146 valence electrons. The van der Waals surface area contributed by atoms with Gasteiger partial charge >= 0.3 is 6.09 Å². The van der Waals surface area contributed by atoms with Crippen LogP contribution in [0.2, 0.25) is 0 Å². The van der Waals surface area contributed by atoms with E-state index in [2.05, 4.69) is 17.1 Å². The third-order valence-electron chi connectivity index (χ3n) is 4.93. The maximum atomic E-state index is 12.1. The Morgan fingerprint density at radius 1 is 1.24 bits per heavy atom. The quantitative estimate of drug-likeness (QED) is 0.742. The number of hydrogen-bond donors (Lipinski definition) is 1. The molecule has 6 heteroatoms. The molecule has 2 atom stereocenters. The SMILES string of the molecule is CCC1CC(NCCCN2CCN(C(=O)OC(C)(C)C)CC2)CCO1. The highest BCUT2D eigenvalue weighted by atomic mass is 16.6. The largest absolute Gasteiger partial charge is 0.444 e. The van der Waals surface area contributed by atoms with Crippen LogP contribution in [0.25, 0.3) is 0 Å². The van der Waals surface area contributed by atoms with Crippen LogP contribution < -0.4 is 5.32 Å². The van der Waals surface area contributed by atoms with E-state index in [4.69, 9.17) is 9.47 Å². The lowest BCUT2D eigenvalue weighted by Gasteiger charge is -2.35. The van der Waals surface area contributed by atoms with E-state index in [1.807, 2.05) is 25.7 Å². The topological polar surface area (TPSA) is 54.0 Å². The molecule has 6 nitrogen and oxygen atoms in total. The molecule has 0 aromatic carbocycles. The highest BCUT2D eigenvalue weighted by Crippen LogP contribution is 2.16. The first-order valence-corrected chi connectivity index (χ1v) is 9.92. The molecule has 0 spiro atoms. The number of nitrogens with one attached hydrogen (secondary N) is 1. The van der Waals surface area contributed by atoms with Crippen molar-refractivity contribution in [2.45, 2.75) is 71.1 Å². The minimum absolute atomic E-state index is 0.182. The van der Waals surface area contributed by atoms with Crippen molar-refractivity contribution < 1.29 is 14.3 Å². The van der Waals surface area contributed by atoms with Crippen molar-refractivity contribution >= 4 is 6.09 Å². The highest BCUT2D eigenvalue weighted by molar-refractivity contribution is 5.68. The summed E-state index contributed by atoms with van der Waals surface area (Å²) in [5.41, 5.74) is -0.416. The Balaban J connectivity index is 1.56. The van der Waals surface area contributed by atoms with Crippen LogP contribution in [0.4, 0.5) is 4.79 Å². The minimum atomic E-state index is -0.416. The summed E-state index contributed by atoms with van der Waals surface area (Å²) in [5, 5.41) is 3.69. The lowest BCUT2D eigenvalue weighted by atomic mass is 10.0. The molecule has 0 aromatic rings. The van der Waals surface area contributed by atoms with E-state index in [9.17, 15) is 4.79 Å². The van der Waals surface area contributed by atoms with E-state index in [1.165, 1.54) is 0 Å². The fourth-order valence-corrected chi connectivity index (χ4v) is 3.44. The molecule has 0 aromatic heterocycles. The number of ether oxygens (including phenoxy) is 2. The third kappa shape index (κ3) is 7.50. The summed E-state index contributed by atoms with van der Waals surface area (Å²) in [6.45, 7) is 14.4. The van der Waals surface area contributed by atoms with Gasteiger partial charge in [0.25, 0.3) is 0 Å². The van der Waals surface area contributed by atoms with Crippen molar-refractivity contribution in [2.75, 3.05) is 45.9 Å². The summed E-state index contributed by atoms with van der Waals surface area (Å²) in [7, 11) is 0. The Morgan fingerprint density at radius 3 is 2.60 bits per heavy atom. The summed E-state index contributed by atoms with van der Waals surface area (Å²) in [6, 6.07) is 0.614. The van der Waals surface area contributed by atoms with Gasteiger partial charge in [0.2, 0.25) is 0 Å². The summed E-state index contributed by atoms with van der Waals surface area (Å²) >= 11 is 0. The summed E-state index contributed by atoms with van der Waals surface area (Å²) in [4.78, 5) is 16.3. The second-order valence-electron chi connectivity index (χ2n) is 8.24. The standard InChI is InChI=1S/C19H37N3O3/c1-5-17-15-16(7-14-24-17)20-8-6-9-21-10-12-22(13-11-21)18(23)25-19(2,3)4/h16-17,20H,5-15H2,1-4H3. The molecule has 2 unspecified atom stereocenters. The van der Waals surface area contributed by atoms with Crippen LogP contribution in [-0.4, -0.2) is 79.5 Å². The van der Waals surface area contributed by atoms with Crippen LogP contribution in [0.15, 0.2) is 0 Å². The average Bonchev–Trinajstić information content (AvgIpc) is 2.58. The highest BCUT2D eigenvalue weighted by Gasteiger charge is 2.25. The average molecular weight is 356 g/mol. The first-order valence-electron chi connectivity index (χ1n) is 9.92. The molecule has 2 aliphatic rings. The summed E-state index contributed by atoms with van der Waals surface area (Å²) < 4.78 is 11.2. The number of carbonyl (C=O) groups is 1. The summed E-state index contributed by atoms with van der Waals surface area (Å²) in [6.07, 6.45) is 4.79. The first-order chi connectivity index (χ1) is 11.9. The first kappa shape index (κ1) is 20.5. The zero-order valence-electron chi connectivity index (χ0n) is 16.6. The van der Waals surface area contributed by atoms with Gasteiger partial charge in [-0.1, -0.05) is 6.92 Å². The van der Waals surface area contributed by atoms with Gasteiger partial charge in [0.05, 0.1) is 6.10 Å². The molecule has 0 saturated carbocycles. The Labute approximate surface area is 153 Å².